The maximum absolute atomic E-state index is 12.8. The van der Waals surface area contributed by atoms with Crippen LogP contribution >= 0.6 is 0 Å². The minimum atomic E-state index is 0.174. The summed E-state index contributed by atoms with van der Waals surface area (Å²) in [7, 11) is 0. The van der Waals surface area contributed by atoms with Crippen LogP contribution in [0.3, 0.4) is 0 Å². The first-order valence-corrected chi connectivity index (χ1v) is 9.07. The molecule has 2 aromatic heterocycles. The van der Waals surface area contributed by atoms with Gasteiger partial charge in [-0.25, -0.2) is 9.50 Å². The third kappa shape index (κ3) is 3.90. The van der Waals surface area contributed by atoms with Crippen molar-refractivity contribution < 1.29 is 4.79 Å². The van der Waals surface area contributed by atoms with Crippen LogP contribution < -0.4 is 0 Å². The third-order valence-corrected chi connectivity index (χ3v) is 4.64. The Morgan fingerprint density at radius 2 is 1.96 bits per heavy atom. The zero-order chi connectivity index (χ0) is 18.5. The molecule has 6 nitrogen and oxygen atoms in total. The fourth-order valence-electron chi connectivity index (χ4n) is 3.27. The molecular weight excluding hydrogens is 326 g/mol. The molecule has 0 aliphatic heterocycles. The molecular formula is C20H25N5O. The molecule has 0 fully saturated rings. The lowest BCUT2D eigenvalue weighted by Crippen LogP contribution is -2.31. The minimum Gasteiger partial charge on any atom is -0.338 e. The zero-order valence-electron chi connectivity index (χ0n) is 15.6. The highest BCUT2D eigenvalue weighted by atomic mass is 16.2. The fraction of sp³-hybridized carbons (Fsp3) is 0.400. The van der Waals surface area contributed by atoms with Gasteiger partial charge in [0.2, 0.25) is 5.91 Å². The van der Waals surface area contributed by atoms with Gasteiger partial charge in [0.05, 0.1) is 0 Å². The van der Waals surface area contributed by atoms with Crippen molar-refractivity contribution in [1.29, 1.82) is 0 Å². The second-order valence-electron chi connectivity index (χ2n) is 6.53. The van der Waals surface area contributed by atoms with Gasteiger partial charge in [-0.15, -0.1) is 0 Å². The molecule has 6 heteroatoms. The van der Waals surface area contributed by atoms with Gasteiger partial charge in [0.25, 0.3) is 5.78 Å². The highest BCUT2D eigenvalue weighted by Crippen LogP contribution is 2.16. The van der Waals surface area contributed by atoms with Gasteiger partial charge in [0.1, 0.15) is 6.33 Å². The van der Waals surface area contributed by atoms with Crippen LogP contribution in [0, 0.1) is 13.8 Å². The molecule has 2 heterocycles. The van der Waals surface area contributed by atoms with Crippen molar-refractivity contribution in [3.8, 4) is 0 Å². The van der Waals surface area contributed by atoms with Gasteiger partial charge in [0, 0.05) is 30.9 Å². The van der Waals surface area contributed by atoms with Crippen molar-refractivity contribution in [2.24, 2.45) is 0 Å². The lowest BCUT2D eigenvalue weighted by Gasteiger charge is -2.22. The molecule has 136 valence electrons. The predicted molar refractivity (Wildman–Crippen MR) is 101 cm³/mol. The van der Waals surface area contributed by atoms with Crippen molar-refractivity contribution in [3.63, 3.8) is 0 Å². The van der Waals surface area contributed by atoms with Crippen molar-refractivity contribution in [1.82, 2.24) is 24.5 Å². The highest BCUT2D eigenvalue weighted by molar-refractivity contribution is 5.76. The van der Waals surface area contributed by atoms with Crippen LogP contribution in [0.2, 0.25) is 0 Å². The number of carbonyl (C=O) groups excluding carboxylic acids is 1. The summed E-state index contributed by atoms with van der Waals surface area (Å²) in [4.78, 5) is 23.4. The molecule has 3 aromatic rings. The first-order valence-electron chi connectivity index (χ1n) is 9.07. The number of benzene rings is 1. The topological polar surface area (TPSA) is 63.4 Å². The van der Waals surface area contributed by atoms with Crippen LogP contribution in [0.5, 0.6) is 0 Å². The SMILES string of the molecule is CCCN(Cc1ccccc1)C(=O)CCc1c(C)nc2ncnn2c1C. The number of rotatable bonds is 7. The third-order valence-electron chi connectivity index (χ3n) is 4.64. The number of fused-ring (bicyclic) bond motifs is 1. The average molecular weight is 351 g/mol. The summed E-state index contributed by atoms with van der Waals surface area (Å²) >= 11 is 0. The number of carbonyl (C=O) groups is 1. The number of nitrogens with zero attached hydrogens (tertiary/aromatic N) is 5. The molecule has 0 saturated carbocycles. The quantitative estimate of drug-likeness (QED) is 0.656. The molecule has 0 aliphatic rings. The van der Waals surface area contributed by atoms with E-state index in [-0.39, 0.29) is 5.91 Å². The maximum atomic E-state index is 12.8. The zero-order valence-corrected chi connectivity index (χ0v) is 15.6. The Kier molecular flexibility index (Phi) is 5.61. The predicted octanol–water partition coefficient (Wildman–Crippen LogP) is 3.11. The second kappa shape index (κ2) is 8.08. The summed E-state index contributed by atoms with van der Waals surface area (Å²) in [6, 6.07) is 10.1. The number of amides is 1. The molecule has 0 aliphatic carbocycles. The summed E-state index contributed by atoms with van der Waals surface area (Å²) in [5, 5.41) is 4.22. The molecule has 0 atom stereocenters. The number of aromatic nitrogens is 4. The van der Waals surface area contributed by atoms with Gasteiger partial charge in [-0.1, -0.05) is 37.3 Å². The van der Waals surface area contributed by atoms with Crippen molar-refractivity contribution in [2.45, 2.75) is 46.6 Å². The van der Waals surface area contributed by atoms with Crippen LogP contribution in [0.1, 0.15) is 42.3 Å². The van der Waals surface area contributed by atoms with E-state index in [0.717, 1.165) is 35.5 Å². The molecule has 1 aromatic carbocycles. The molecule has 1 amide bonds. The van der Waals surface area contributed by atoms with E-state index in [2.05, 4.69) is 34.1 Å². The number of hydrogen-bond donors (Lipinski definition) is 0. The molecule has 0 N–H and O–H groups in total. The summed E-state index contributed by atoms with van der Waals surface area (Å²) < 4.78 is 1.74. The Hall–Kier alpha value is -2.76. The molecule has 26 heavy (non-hydrogen) atoms. The van der Waals surface area contributed by atoms with Gasteiger partial charge in [-0.2, -0.15) is 10.1 Å². The monoisotopic (exact) mass is 351 g/mol. The molecule has 0 spiro atoms. The Morgan fingerprint density at radius 3 is 2.69 bits per heavy atom. The molecule has 0 bridgehead atoms. The summed E-state index contributed by atoms with van der Waals surface area (Å²) in [5.41, 5.74) is 4.16. The first-order chi connectivity index (χ1) is 12.6. The number of aryl methyl sites for hydroxylation is 2. The molecule has 3 rings (SSSR count). The van der Waals surface area contributed by atoms with Gasteiger partial charge in [0.15, 0.2) is 0 Å². The van der Waals surface area contributed by atoms with Crippen LogP contribution in [-0.4, -0.2) is 36.9 Å². The van der Waals surface area contributed by atoms with E-state index < -0.39 is 0 Å². The standard InChI is InChI=1S/C20H25N5O/c1-4-12-24(13-17-8-6-5-7-9-17)19(26)11-10-18-15(2)23-20-21-14-22-25(20)16(18)3/h5-9,14H,4,10-13H2,1-3H3. The summed E-state index contributed by atoms with van der Waals surface area (Å²) in [5.74, 6) is 0.778. The van der Waals surface area contributed by atoms with E-state index in [1.54, 1.807) is 4.52 Å². The average Bonchev–Trinajstić information content (AvgIpc) is 3.10. The smallest absolute Gasteiger partial charge is 0.252 e. The lowest BCUT2D eigenvalue weighted by molar-refractivity contribution is -0.131. The van der Waals surface area contributed by atoms with E-state index in [9.17, 15) is 4.79 Å². The van der Waals surface area contributed by atoms with Gasteiger partial charge in [-0.3, -0.25) is 4.79 Å². The largest absolute Gasteiger partial charge is 0.338 e. The van der Waals surface area contributed by atoms with Crippen LogP contribution in [0.25, 0.3) is 5.78 Å². The van der Waals surface area contributed by atoms with E-state index in [1.165, 1.54) is 6.33 Å². The second-order valence-corrected chi connectivity index (χ2v) is 6.53. The normalized spacial score (nSPS) is 11.0. The first kappa shape index (κ1) is 18.0. The van der Waals surface area contributed by atoms with Gasteiger partial charge in [-0.05, 0) is 37.8 Å². The van der Waals surface area contributed by atoms with Gasteiger partial charge >= 0.3 is 0 Å². The van der Waals surface area contributed by atoms with Crippen LogP contribution in [0.4, 0.5) is 0 Å². The van der Waals surface area contributed by atoms with E-state index >= 15 is 0 Å². The maximum Gasteiger partial charge on any atom is 0.252 e. The Morgan fingerprint density at radius 1 is 1.19 bits per heavy atom. The highest BCUT2D eigenvalue weighted by Gasteiger charge is 2.16. The summed E-state index contributed by atoms with van der Waals surface area (Å²) in [6.45, 7) is 7.50. The lowest BCUT2D eigenvalue weighted by atomic mass is 10.1. The van der Waals surface area contributed by atoms with Crippen molar-refractivity contribution >= 4 is 11.7 Å². The van der Waals surface area contributed by atoms with Crippen LogP contribution in [0.15, 0.2) is 36.7 Å². The fourth-order valence-corrected chi connectivity index (χ4v) is 3.27. The Labute approximate surface area is 153 Å². The molecule has 0 radical (unpaired) electrons. The minimum absolute atomic E-state index is 0.174. The van der Waals surface area contributed by atoms with Gasteiger partial charge < -0.3 is 4.90 Å². The Balaban J connectivity index is 1.72. The van der Waals surface area contributed by atoms with E-state index in [1.807, 2.05) is 36.9 Å². The van der Waals surface area contributed by atoms with E-state index in [0.29, 0.717) is 25.2 Å². The number of hydrogen-bond acceptors (Lipinski definition) is 4. The van der Waals surface area contributed by atoms with E-state index in [4.69, 9.17) is 0 Å². The summed E-state index contributed by atoms with van der Waals surface area (Å²) in [6.07, 6.45) is 3.58. The Bertz CT molecular complexity index is 888. The molecule has 0 saturated heterocycles. The van der Waals surface area contributed by atoms with Crippen LogP contribution in [-0.2, 0) is 17.8 Å². The van der Waals surface area contributed by atoms with Crippen molar-refractivity contribution in [2.75, 3.05) is 6.54 Å². The van der Waals surface area contributed by atoms with Crippen molar-refractivity contribution in [3.05, 3.63) is 59.2 Å². The molecule has 0 unspecified atom stereocenters.